The minimum atomic E-state index is -1.14. The molecule has 0 amide bonds. The zero-order valence-corrected chi connectivity index (χ0v) is 29.7. The second-order valence-electron chi connectivity index (χ2n) is 17.6. The van der Waals surface area contributed by atoms with Gasteiger partial charge >= 0.3 is 5.97 Å². The summed E-state index contributed by atoms with van der Waals surface area (Å²) < 4.78 is 7.52. The average molecular weight is 637 g/mol. The van der Waals surface area contributed by atoms with Crippen molar-refractivity contribution in [3.8, 4) is 0 Å². The summed E-state index contributed by atoms with van der Waals surface area (Å²) in [4.78, 5) is 33.2. The number of likely N-dealkylation sites (N-methyl/N-ethyl adjacent to an activating group) is 1. The summed E-state index contributed by atoms with van der Waals surface area (Å²) >= 11 is 0. The van der Waals surface area contributed by atoms with Crippen molar-refractivity contribution in [1.29, 1.82) is 0 Å². The number of rotatable bonds is 11. The van der Waals surface area contributed by atoms with Gasteiger partial charge in [-0.05, 0) is 100.0 Å². The van der Waals surface area contributed by atoms with Crippen LogP contribution in [0.2, 0.25) is 0 Å². The maximum Gasteiger partial charge on any atom is 0.315 e. The molecule has 1 N–H and O–H groups in total. The zero-order valence-electron chi connectivity index (χ0n) is 29.7. The summed E-state index contributed by atoms with van der Waals surface area (Å²) in [6, 6.07) is 0.674. The van der Waals surface area contributed by atoms with E-state index < -0.39 is 22.2 Å². The number of carboxylic acid groups (broad SMARTS) is 1. The van der Waals surface area contributed by atoms with Crippen LogP contribution in [-0.4, -0.2) is 78.1 Å². The van der Waals surface area contributed by atoms with Gasteiger partial charge in [-0.15, -0.1) is 0 Å². The number of piperidine rings is 1. The van der Waals surface area contributed by atoms with E-state index in [1.54, 1.807) is 0 Å². The third kappa shape index (κ3) is 4.64. The van der Waals surface area contributed by atoms with Crippen LogP contribution in [0.3, 0.4) is 0 Å². The summed E-state index contributed by atoms with van der Waals surface area (Å²) in [6.45, 7) is 16.8. The fourth-order valence-electron chi connectivity index (χ4n) is 13.6. The van der Waals surface area contributed by atoms with E-state index in [0.717, 1.165) is 57.4 Å². The second kappa shape index (κ2) is 12.6. The lowest BCUT2D eigenvalue weighted by Gasteiger charge is -2.60. The van der Waals surface area contributed by atoms with Crippen LogP contribution in [0.4, 0.5) is 0 Å². The lowest BCUT2D eigenvalue weighted by molar-refractivity contribution is -0.197. The molecule has 0 aromatic carbocycles. The number of ether oxygens (including phenoxy) is 1. The van der Waals surface area contributed by atoms with Gasteiger partial charge in [-0.3, -0.25) is 14.6 Å². The fraction of sp³-hybridized carbons (Fsp3) is 0.900. The molecule has 6 heteroatoms. The van der Waals surface area contributed by atoms with Crippen molar-refractivity contribution in [1.82, 2.24) is 9.80 Å². The Morgan fingerprint density at radius 3 is 2.50 bits per heavy atom. The highest BCUT2D eigenvalue weighted by molar-refractivity contribution is 5.90. The molecule has 2 heterocycles. The predicted molar refractivity (Wildman–Crippen MR) is 182 cm³/mol. The van der Waals surface area contributed by atoms with Crippen molar-refractivity contribution in [3.63, 3.8) is 0 Å². The topological polar surface area (TPSA) is 70.1 Å². The number of allylic oxidation sites excluding steroid dienone is 1. The number of carbonyl (C=O) groups excluding carboxylic acids is 1. The van der Waals surface area contributed by atoms with Gasteiger partial charge in [0.05, 0.1) is 17.6 Å². The molecule has 4 unspecified atom stereocenters. The Morgan fingerprint density at radius 2 is 1.83 bits per heavy atom. The molecule has 2 aliphatic heterocycles. The van der Waals surface area contributed by atoms with Gasteiger partial charge < -0.3 is 14.6 Å². The summed E-state index contributed by atoms with van der Waals surface area (Å²) in [5.74, 6) is 1.75. The maximum atomic E-state index is 14.2. The minimum Gasteiger partial charge on any atom is -0.481 e. The van der Waals surface area contributed by atoms with E-state index in [1.807, 2.05) is 0 Å². The number of aldehydes is 1. The Hall–Kier alpha value is -1.24. The van der Waals surface area contributed by atoms with E-state index in [0.29, 0.717) is 36.1 Å². The van der Waals surface area contributed by atoms with Gasteiger partial charge in [0, 0.05) is 31.1 Å². The standard InChI is InChI=1S/C40H64N2O4/c1-6-41(18-19-42-17-11-10-12-28(42)5)24-35-31(29-13-8-7-9-14-29)21-36(46-35)39-23-32-27(4)15-16-33(32)38(25-43)22-30(39)20-34(26(2)3)40(38,39)37(44)45/h20,25-33,35-36H,6-19,21-24H2,1-5H3,(H,44,45)/t27-,28?,30?,31+,32-,33-,35+,36-,38?,39?,40+/m1/s1. The molecule has 11 atom stereocenters. The van der Waals surface area contributed by atoms with Crippen LogP contribution in [0.15, 0.2) is 11.6 Å². The first-order valence-electron chi connectivity index (χ1n) is 19.7. The van der Waals surface area contributed by atoms with Crippen molar-refractivity contribution in [2.45, 2.75) is 136 Å². The van der Waals surface area contributed by atoms with Crippen molar-refractivity contribution in [2.75, 3.05) is 32.7 Å². The van der Waals surface area contributed by atoms with Crippen molar-refractivity contribution in [2.24, 2.45) is 57.7 Å². The molecule has 6 nitrogen and oxygen atoms in total. The van der Waals surface area contributed by atoms with Crippen LogP contribution in [0.1, 0.15) is 118 Å². The molecule has 46 heavy (non-hydrogen) atoms. The normalized spacial score (nSPS) is 45.8. The summed E-state index contributed by atoms with van der Waals surface area (Å²) in [5.41, 5.74) is -1.43. The first-order chi connectivity index (χ1) is 22.1. The zero-order chi connectivity index (χ0) is 32.4. The molecule has 0 aromatic heterocycles. The molecular formula is C40H64N2O4. The monoisotopic (exact) mass is 636 g/mol. The lowest BCUT2D eigenvalue weighted by atomic mass is 9.41. The van der Waals surface area contributed by atoms with Gasteiger partial charge in [-0.25, -0.2) is 0 Å². The molecule has 0 spiro atoms. The Labute approximate surface area is 279 Å². The number of aliphatic carboxylic acids is 1. The summed E-state index contributed by atoms with van der Waals surface area (Å²) in [6.07, 6.45) is 18.8. The van der Waals surface area contributed by atoms with Crippen LogP contribution < -0.4 is 0 Å². The largest absolute Gasteiger partial charge is 0.481 e. The SMILES string of the molecule is CCN(CCN1CCCCC1C)C[C@@H]1O[C@@H](C23C[C@@H]4[C@H](C)CC[C@H]4C4(C=O)CC2C=C(C(C)C)[C@]43C(=O)O)C[C@H]1C1CCCCC1. The van der Waals surface area contributed by atoms with E-state index >= 15 is 0 Å². The summed E-state index contributed by atoms with van der Waals surface area (Å²) in [7, 11) is 0. The molecule has 6 fully saturated rings. The second-order valence-corrected chi connectivity index (χ2v) is 17.6. The summed E-state index contributed by atoms with van der Waals surface area (Å²) in [5, 5.41) is 11.6. The molecule has 7 aliphatic rings. The fourth-order valence-corrected chi connectivity index (χ4v) is 13.6. The molecule has 0 radical (unpaired) electrons. The molecule has 7 rings (SSSR count). The van der Waals surface area contributed by atoms with Gasteiger partial charge in [0.25, 0.3) is 0 Å². The number of likely N-dealkylation sites (tertiary alicyclic amines) is 1. The van der Waals surface area contributed by atoms with Crippen molar-refractivity contribution in [3.05, 3.63) is 11.6 Å². The van der Waals surface area contributed by atoms with E-state index in [-0.39, 0.29) is 30.0 Å². The average Bonchev–Trinajstić information content (AvgIpc) is 3.77. The molecule has 258 valence electrons. The molecule has 4 bridgehead atoms. The van der Waals surface area contributed by atoms with Crippen LogP contribution in [-0.2, 0) is 14.3 Å². The number of hydrogen-bond donors (Lipinski definition) is 1. The number of fused-ring (bicyclic) bond motifs is 2. The van der Waals surface area contributed by atoms with E-state index in [4.69, 9.17) is 4.74 Å². The van der Waals surface area contributed by atoms with Crippen LogP contribution in [0.25, 0.3) is 0 Å². The highest BCUT2D eigenvalue weighted by atomic mass is 16.5. The van der Waals surface area contributed by atoms with Crippen molar-refractivity contribution < 1.29 is 19.4 Å². The van der Waals surface area contributed by atoms with Crippen molar-refractivity contribution >= 4 is 12.3 Å². The molecule has 2 saturated heterocycles. The third-order valence-corrected chi connectivity index (χ3v) is 15.7. The molecular weight excluding hydrogens is 572 g/mol. The number of carboxylic acids is 1. The maximum absolute atomic E-state index is 14.2. The van der Waals surface area contributed by atoms with E-state index in [1.165, 1.54) is 64.2 Å². The molecule has 5 aliphatic carbocycles. The lowest BCUT2D eigenvalue weighted by Crippen LogP contribution is -2.65. The van der Waals surface area contributed by atoms with E-state index in [2.05, 4.69) is 50.5 Å². The first-order valence-corrected chi connectivity index (χ1v) is 19.7. The van der Waals surface area contributed by atoms with Gasteiger partial charge in [-0.2, -0.15) is 0 Å². The van der Waals surface area contributed by atoms with Gasteiger partial charge in [0.15, 0.2) is 0 Å². The number of nitrogens with zero attached hydrogens (tertiary/aromatic N) is 2. The molecule has 4 saturated carbocycles. The van der Waals surface area contributed by atoms with Gasteiger partial charge in [-0.1, -0.05) is 84.3 Å². The van der Waals surface area contributed by atoms with Crippen LogP contribution in [0, 0.1) is 57.7 Å². The van der Waals surface area contributed by atoms with Gasteiger partial charge in [0.1, 0.15) is 11.7 Å². The Kier molecular flexibility index (Phi) is 9.10. The van der Waals surface area contributed by atoms with Gasteiger partial charge in [0.2, 0.25) is 0 Å². The molecule has 0 aromatic rings. The smallest absolute Gasteiger partial charge is 0.315 e. The Morgan fingerprint density at radius 1 is 1.07 bits per heavy atom. The minimum absolute atomic E-state index is 0.102. The predicted octanol–water partition coefficient (Wildman–Crippen LogP) is 7.46. The number of carbonyl (C=O) groups is 2. The quantitative estimate of drug-likeness (QED) is 0.188. The highest BCUT2D eigenvalue weighted by Crippen LogP contribution is 2.84. The van der Waals surface area contributed by atoms with Crippen LogP contribution in [0.5, 0.6) is 0 Å². The Bertz CT molecular complexity index is 1180. The number of hydrogen-bond acceptors (Lipinski definition) is 5. The van der Waals surface area contributed by atoms with Crippen LogP contribution >= 0.6 is 0 Å². The highest BCUT2D eigenvalue weighted by Gasteiger charge is 2.86. The first kappa shape index (κ1) is 33.3. The third-order valence-electron chi connectivity index (χ3n) is 15.7. The Balaban J connectivity index is 1.24. The van der Waals surface area contributed by atoms with E-state index in [9.17, 15) is 14.7 Å².